The number of aliphatic hydroxyl groups excluding tert-OH is 1. The Kier molecular flexibility index (Phi) is 4.64. The molecule has 3 atom stereocenters. The quantitative estimate of drug-likeness (QED) is 0.892. The molecule has 106 valence electrons. The monoisotopic (exact) mass is 262 g/mol. The molecule has 0 radical (unpaired) electrons. The molecule has 0 bridgehead atoms. The topological polar surface area (TPSA) is 29.5 Å². The highest BCUT2D eigenvalue weighted by Gasteiger charge is 2.42. The summed E-state index contributed by atoms with van der Waals surface area (Å²) in [5, 5.41) is 10.8. The van der Waals surface area contributed by atoms with E-state index in [0.717, 1.165) is 31.2 Å². The molecule has 0 aliphatic heterocycles. The zero-order valence-electron chi connectivity index (χ0n) is 12.4. The fraction of sp³-hybridized carbons (Fsp3) is 0.647. The van der Waals surface area contributed by atoms with Crippen LogP contribution in [0.1, 0.15) is 56.8 Å². The lowest BCUT2D eigenvalue weighted by Gasteiger charge is -2.42. The fourth-order valence-corrected chi connectivity index (χ4v) is 3.38. The van der Waals surface area contributed by atoms with E-state index in [1.165, 1.54) is 12.0 Å². The molecule has 1 saturated carbocycles. The Morgan fingerprint density at radius 3 is 2.89 bits per heavy atom. The lowest BCUT2D eigenvalue weighted by Crippen LogP contribution is -2.42. The van der Waals surface area contributed by atoms with Crippen LogP contribution >= 0.6 is 0 Å². The van der Waals surface area contributed by atoms with Gasteiger partial charge < -0.3 is 9.84 Å². The molecule has 0 aromatic heterocycles. The molecular weight excluding hydrogens is 236 g/mol. The van der Waals surface area contributed by atoms with Crippen LogP contribution in [0.4, 0.5) is 0 Å². The Balaban J connectivity index is 2.26. The zero-order valence-corrected chi connectivity index (χ0v) is 12.4. The number of rotatable bonds is 4. The van der Waals surface area contributed by atoms with Gasteiger partial charge in [0.2, 0.25) is 0 Å². The van der Waals surface area contributed by atoms with Crippen LogP contribution in [-0.2, 0) is 11.2 Å². The number of methoxy groups -OCH3 is 1. The molecule has 1 fully saturated rings. The number of benzene rings is 1. The van der Waals surface area contributed by atoms with Gasteiger partial charge in [0.05, 0.1) is 5.60 Å². The van der Waals surface area contributed by atoms with Gasteiger partial charge in [-0.2, -0.15) is 0 Å². The zero-order chi connectivity index (χ0) is 13.9. The predicted octanol–water partition coefficient (Wildman–Crippen LogP) is 3.88. The molecule has 2 heteroatoms. The summed E-state index contributed by atoms with van der Waals surface area (Å²) in [7, 11) is 1.74. The summed E-state index contributed by atoms with van der Waals surface area (Å²) < 4.78 is 5.79. The number of aryl methyl sites for hydroxylation is 1. The van der Waals surface area contributed by atoms with E-state index in [0.29, 0.717) is 5.92 Å². The third-order valence-corrected chi connectivity index (χ3v) is 4.57. The molecule has 3 unspecified atom stereocenters. The molecule has 1 aliphatic carbocycles. The van der Waals surface area contributed by atoms with Gasteiger partial charge in [0.15, 0.2) is 0 Å². The molecule has 1 N–H and O–H groups in total. The molecule has 0 amide bonds. The van der Waals surface area contributed by atoms with Crippen LogP contribution in [0.15, 0.2) is 24.3 Å². The second-order valence-corrected chi connectivity index (χ2v) is 5.97. The second kappa shape index (κ2) is 6.06. The van der Waals surface area contributed by atoms with Crippen molar-refractivity contribution in [3.05, 3.63) is 35.4 Å². The lowest BCUT2D eigenvalue weighted by atomic mass is 9.74. The smallest absolute Gasteiger partial charge is 0.108 e. The first-order valence-electron chi connectivity index (χ1n) is 7.43. The van der Waals surface area contributed by atoms with Crippen molar-refractivity contribution in [1.82, 2.24) is 0 Å². The largest absolute Gasteiger partial charge is 0.385 e. The summed E-state index contributed by atoms with van der Waals surface area (Å²) in [6, 6.07) is 8.28. The third kappa shape index (κ3) is 3.01. The van der Waals surface area contributed by atoms with E-state index >= 15 is 0 Å². The molecular formula is C17H26O2. The van der Waals surface area contributed by atoms with Crippen molar-refractivity contribution in [2.75, 3.05) is 7.11 Å². The first kappa shape index (κ1) is 14.5. The van der Waals surface area contributed by atoms with E-state index in [2.05, 4.69) is 26.0 Å². The van der Waals surface area contributed by atoms with Crippen LogP contribution in [-0.4, -0.2) is 17.8 Å². The lowest BCUT2D eigenvalue weighted by molar-refractivity contribution is -0.134. The summed E-state index contributed by atoms with van der Waals surface area (Å²) >= 11 is 0. The molecule has 2 rings (SSSR count). The van der Waals surface area contributed by atoms with Gasteiger partial charge in [-0.3, -0.25) is 0 Å². The highest BCUT2D eigenvalue weighted by Crippen LogP contribution is 2.43. The van der Waals surface area contributed by atoms with Crippen LogP contribution < -0.4 is 0 Å². The third-order valence-electron chi connectivity index (χ3n) is 4.57. The highest BCUT2D eigenvalue weighted by atomic mass is 16.5. The van der Waals surface area contributed by atoms with Crippen molar-refractivity contribution in [2.24, 2.45) is 5.92 Å². The standard InChI is InChI=1S/C17H26O2/c1-4-14-8-5-9-15(11-14)16(18)17(19-3)10-6-7-13(2)12-17/h5,8-9,11,13,16,18H,4,6-7,10,12H2,1-3H3. The Morgan fingerprint density at radius 2 is 2.26 bits per heavy atom. The normalized spacial score (nSPS) is 29.2. The van der Waals surface area contributed by atoms with Gasteiger partial charge in [0, 0.05) is 7.11 Å². The van der Waals surface area contributed by atoms with E-state index in [9.17, 15) is 5.11 Å². The van der Waals surface area contributed by atoms with Crippen molar-refractivity contribution in [1.29, 1.82) is 0 Å². The average molecular weight is 262 g/mol. The minimum Gasteiger partial charge on any atom is -0.385 e. The fourth-order valence-electron chi connectivity index (χ4n) is 3.38. The van der Waals surface area contributed by atoms with E-state index in [1.54, 1.807) is 7.11 Å². The highest BCUT2D eigenvalue weighted by molar-refractivity contribution is 5.27. The number of hydrogen-bond donors (Lipinski definition) is 1. The maximum Gasteiger partial charge on any atom is 0.108 e. The van der Waals surface area contributed by atoms with Crippen molar-refractivity contribution in [2.45, 2.75) is 57.7 Å². The van der Waals surface area contributed by atoms with Crippen molar-refractivity contribution in [3.63, 3.8) is 0 Å². The van der Waals surface area contributed by atoms with Crippen LogP contribution in [0.5, 0.6) is 0 Å². The Labute approximate surface area is 116 Å². The number of hydrogen-bond acceptors (Lipinski definition) is 2. The van der Waals surface area contributed by atoms with Gasteiger partial charge in [-0.15, -0.1) is 0 Å². The van der Waals surface area contributed by atoms with Crippen LogP contribution in [0.25, 0.3) is 0 Å². The van der Waals surface area contributed by atoms with Gasteiger partial charge in [-0.25, -0.2) is 0 Å². The Bertz CT molecular complexity index is 415. The van der Waals surface area contributed by atoms with E-state index < -0.39 is 11.7 Å². The number of aliphatic hydroxyl groups is 1. The minimum absolute atomic E-state index is 0.399. The molecule has 1 aromatic carbocycles. The van der Waals surface area contributed by atoms with E-state index in [1.807, 2.05) is 12.1 Å². The molecule has 2 nitrogen and oxygen atoms in total. The van der Waals surface area contributed by atoms with Crippen molar-refractivity contribution < 1.29 is 9.84 Å². The van der Waals surface area contributed by atoms with Gasteiger partial charge in [0.25, 0.3) is 0 Å². The first-order valence-corrected chi connectivity index (χ1v) is 7.43. The van der Waals surface area contributed by atoms with E-state index in [4.69, 9.17) is 4.74 Å². The SMILES string of the molecule is CCc1cccc(C(O)C2(OC)CCCC(C)C2)c1. The van der Waals surface area contributed by atoms with Gasteiger partial charge in [0.1, 0.15) is 6.10 Å². The van der Waals surface area contributed by atoms with E-state index in [-0.39, 0.29) is 0 Å². The molecule has 1 aromatic rings. The maximum atomic E-state index is 10.8. The summed E-state index contributed by atoms with van der Waals surface area (Å²) in [6.45, 7) is 4.39. The molecule has 0 heterocycles. The molecule has 1 aliphatic rings. The van der Waals surface area contributed by atoms with Crippen molar-refractivity contribution >= 4 is 0 Å². The Hall–Kier alpha value is -0.860. The molecule has 19 heavy (non-hydrogen) atoms. The van der Waals surface area contributed by atoms with Crippen LogP contribution in [0.3, 0.4) is 0 Å². The number of ether oxygens (including phenoxy) is 1. The summed E-state index contributed by atoms with van der Waals surface area (Å²) in [5.74, 6) is 0.623. The van der Waals surface area contributed by atoms with Gasteiger partial charge >= 0.3 is 0 Å². The molecule has 0 saturated heterocycles. The van der Waals surface area contributed by atoms with Crippen LogP contribution in [0, 0.1) is 5.92 Å². The van der Waals surface area contributed by atoms with Gasteiger partial charge in [-0.05, 0) is 36.3 Å². The summed E-state index contributed by atoms with van der Waals surface area (Å²) in [5.41, 5.74) is 1.87. The first-order chi connectivity index (χ1) is 9.11. The molecule has 0 spiro atoms. The Morgan fingerprint density at radius 1 is 1.47 bits per heavy atom. The summed E-state index contributed by atoms with van der Waals surface area (Å²) in [6.07, 6.45) is 4.75. The maximum absolute atomic E-state index is 10.8. The van der Waals surface area contributed by atoms with Crippen LogP contribution in [0.2, 0.25) is 0 Å². The summed E-state index contributed by atoms with van der Waals surface area (Å²) in [4.78, 5) is 0. The minimum atomic E-state index is -0.522. The average Bonchev–Trinajstić information content (AvgIpc) is 2.46. The predicted molar refractivity (Wildman–Crippen MR) is 78.2 cm³/mol. The van der Waals surface area contributed by atoms with Gasteiger partial charge in [-0.1, -0.05) is 51.0 Å². The second-order valence-electron chi connectivity index (χ2n) is 5.97. The van der Waals surface area contributed by atoms with Crippen molar-refractivity contribution in [3.8, 4) is 0 Å².